The molecule has 0 aliphatic heterocycles. The Balaban J connectivity index is 2.07. The molecule has 1 aromatic heterocycles. The number of benzene rings is 1. The average Bonchev–Trinajstić information content (AvgIpc) is 2.80. The fraction of sp³-hybridized carbons (Fsp3) is 0.500. The number of nitrogens with zero attached hydrogens (tertiary/aromatic N) is 2. The highest BCUT2D eigenvalue weighted by Crippen LogP contribution is 2.28. The minimum atomic E-state index is 0.259. The van der Waals surface area contributed by atoms with Crippen LogP contribution in [0.15, 0.2) is 29.2 Å². The van der Waals surface area contributed by atoms with Crippen LogP contribution in [0.3, 0.4) is 0 Å². The van der Waals surface area contributed by atoms with Crippen LogP contribution >= 0.6 is 11.8 Å². The summed E-state index contributed by atoms with van der Waals surface area (Å²) in [6.45, 7) is 6.66. The quantitative estimate of drug-likeness (QED) is 0.565. The zero-order valence-corrected chi connectivity index (χ0v) is 15.3. The molecule has 2 aromatic rings. The van der Waals surface area contributed by atoms with E-state index in [1.807, 2.05) is 11.7 Å². The van der Waals surface area contributed by atoms with Crippen molar-refractivity contribution in [2.75, 3.05) is 17.7 Å². The molecule has 1 aromatic carbocycles. The van der Waals surface area contributed by atoms with E-state index in [0.717, 1.165) is 30.0 Å². The van der Waals surface area contributed by atoms with Crippen molar-refractivity contribution >= 4 is 17.4 Å². The van der Waals surface area contributed by atoms with Crippen molar-refractivity contribution in [1.82, 2.24) is 9.78 Å². The number of rotatable bonds is 8. The molecule has 2 rings (SSSR count). The maximum absolute atomic E-state index is 8.84. The number of hydrogen-bond donors (Lipinski definition) is 2. The van der Waals surface area contributed by atoms with Crippen LogP contribution in [0.5, 0.6) is 0 Å². The fourth-order valence-corrected chi connectivity index (χ4v) is 3.61. The van der Waals surface area contributed by atoms with Crippen LogP contribution in [0.1, 0.15) is 42.8 Å². The minimum Gasteiger partial charge on any atom is -0.396 e. The van der Waals surface area contributed by atoms with E-state index >= 15 is 0 Å². The van der Waals surface area contributed by atoms with E-state index in [9.17, 15) is 0 Å². The van der Waals surface area contributed by atoms with Crippen LogP contribution in [-0.2, 0) is 7.05 Å². The molecule has 0 aliphatic carbocycles. The van der Waals surface area contributed by atoms with Gasteiger partial charge in [0, 0.05) is 41.2 Å². The molecule has 23 heavy (non-hydrogen) atoms. The number of anilines is 1. The van der Waals surface area contributed by atoms with Crippen molar-refractivity contribution in [2.45, 2.75) is 44.6 Å². The van der Waals surface area contributed by atoms with Gasteiger partial charge >= 0.3 is 0 Å². The van der Waals surface area contributed by atoms with Gasteiger partial charge < -0.3 is 10.4 Å². The summed E-state index contributed by atoms with van der Waals surface area (Å²) in [5, 5.41) is 17.0. The maximum Gasteiger partial charge on any atom is 0.0649 e. The summed E-state index contributed by atoms with van der Waals surface area (Å²) in [5.41, 5.74) is 4.75. The van der Waals surface area contributed by atoms with E-state index in [2.05, 4.69) is 55.5 Å². The molecule has 1 unspecified atom stereocenters. The van der Waals surface area contributed by atoms with Crippen molar-refractivity contribution in [1.29, 1.82) is 0 Å². The summed E-state index contributed by atoms with van der Waals surface area (Å²) >= 11 is 1.78. The number of nitrogens with one attached hydrogen (secondary N) is 1. The van der Waals surface area contributed by atoms with Crippen LogP contribution < -0.4 is 5.32 Å². The van der Waals surface area contributed by atoms with E-state index in [0.29, 0.717) is 0 Å². The highest BCUT2D eigenvalue weighted by molar-refractivity contribution is 7.99. The van der Waals surface area contributed by atoms with E-state index in [1.54, 1.807) is 11.8 Å². The van der Waals surface area contributed by atoms with Gasteiger partial charge in [-0.25, -0.2) is 0 Å². The van der Waals surface area contributed by atoms with E-state index < -0.39 is 0 Å². The Morgan fingerprint density at radius 1 is 1.26 bits per heavy atom. The van der Waals surface area contributed by atoms with Gasteiger partial charge in [0.2, 0.25) is 0 Å². The molecule has 0 saturated carbocycles. The van der Waals surface area contributed by atoms with Gasteiger partial charge in [0.1, 0.15) is 0 Å². The predicted octanol–water partition coefficient (Wildman–Crippen LogP) is 4.07. The Kier molecular flexibility index (Phi) is 6.54. The number of hydrogen-bond acceptors (Lipinski definition) is 4. The first kappa shape index (κ1) is 17.9. The molecule has 126 valence electrons. The third-order valence-electron chi connectivity index (χ3n) is 4.09. The van der Waals surface area contributed by atoms with Gasteiger partial charge in [-0.1, -0.05) is 6.92 Å². The standard InChI is InChI=1S/C18H27N3OS/c1-5-17(18-13(2)20-21(4)14(18)3)19-15-7-9-16(10-8-15)23-12-6-11-22/h7-10,17,19,22H,5-6,11-12H2,1-4H3. The second-order valence-corrected chi connectivity index (χ2v) is 6.93. The molecule has 5 heteroatoms. The summed E-state index contributed by atoms with van der Waals surface area (Å²) in [6, 6.07) is 8.81. The topological polar surface area (TPSA) is 50.1 Å². The Bertz CT molecular complexity index is 622. The first-order valence-corrected chi connectivity index (χ1v) is 9.15. The third-order valence-corrected chi connectivity index (χ3v) is 5.19. The van der Waals surface area contributed by atoms with E-state index in [-0.39, 0.29) is 12.6 Å². The van der Waals surface area contributed by atoms with Gasteiger partial charge in [-0.3, -0.25) is 4.68 Å². The normalized spacial score (nSPS) is 12.4. The molecule has 0 bridgehead atoms. The first-order chi connectivity index (χ1) is 11.1. The Labute approximate surface area is 143 Å². The lowest BCUT2D eigenvalue weighted by Crippen LogP contribution is -2.11. The van der Waals surface area contributed by atoms with Crippen molar-refractivity contribution in [3.8, 4) is 0 Å². The molecule has 1 heterocycles. The van der Waals surface area contributed by atoms with Gasteiger partial charge in [-0.2, -0.15) is 5.10 Å². The molecule has 2 N–H and O–H groups in total. The second kappa shape index (κ2) is 8.41. The third kappa shape index (κ3) is 4.52. The number of thioether (sulfide) groups is 1. The monoisotopic (exact) mass is 333 g/mol. The van der Waals surface area contributed by atoms with Crippen LogP contribution in [0.25, 0.3) is 0 Å². The highest BCUT2D eigenvalue weighted by Gasteiger charge is 2.18. The zero-order valence-electron chi connectivity index (χ0n) is 14.5. The second-order valence-electron chi connectivity index (χ2n) is 5.76. The molecule has 4 nitrogen and oxygen atoms in total. The summed E-state index contributed by atoms with van der Waals surface area (Å²) in [6.07, 6.45) is 1.85. The van der Waals surface area contributed by atoms with Gasteiger partial charge in [0.15, 0.2) is 0 Å². The van der Waals surface area contributed by atoms with Crippen molar-refractivity contribution in [3.63, 3.8) is 0 Å². The fourth-order valence-electron chi connectivity index (χ4n) is 2.78. The number of aryl methyl sites for hydroxylation is 2. The Morgan fingerprint density at radius 2 is 1.96 bits per heavy atom. The lowest BCUT2D eigenvalue weighted by Gasteiger charge is -2.19. The van der Waals surface area contributed by atoms with Crippen LogP contribution in [0.4, 0.5) is 5.69 Å². The van der Waals surface area contributed by atoms with Crippen molar-refractivity contribution < 1.29 is 5.11 Å². The zero-order chi connectivity index (χ0) is 16.8. The number of aromatic nitrogens is 2. The predicted molar refractivity (Wildman–Crippen MR) is 98.2 cm³/mol. The molecule has 0 fully saturated rings. The van der Waals surface area contributed by atoms with Crippen LogP contribution in [0.2, 0.25) is 0 Å². The molecule has 0 radical (unpaired) electrons. The lowest BCUT2D eigenvalue weighted by atomic mass is 10.0. The maximum atomic E-state index is 8.84. The summed E-state index contributed by atoms with van der Waals surface area (Å²) < 4.78 is 1.95. The number of aliphatic hydroxyl groups excluding tert-OH is 1. The molecule has 1 atom stereocenters. The van der Waals surface area contributed by atoms with E-state index in [4.69, 9.17) is 5.11 Å². The average molecular weight is 334 g/mol. The highest BCUT2D eigenvalue weighted by atomic mass is 32.2. The molecule has 0 spiro atoms. The summed E-state index contributed by atoms with van der Waals surface area (Å²) in [7, 11) is 2.00. The van der Waals surface area contributed by atoms with Gasteiger partial charge in [-0.15, -0.1) is 11.8 Å². The van der Waals surface area contributed by atoms with Crippen LogP contribution in [-0.4, -0.2) is 27.2 Å². The molecular formula is C18H27N3OS. The van der Waals surface area contributed by atoms with Gasteiger partial charge in [0.05, 0.1) is 11.7 Å². The molecular weight excluding hydrogens is 306 g/mol. The molecule has 0 saturated heterocycles. The largest absolute Gasteiger partial charge is 0.396 e. The molecule has 0 aliphatic rings. The Morgan fingerprint density at radius 3 is 2.48 bits per heavy atom. The Hall–Kier alpha value is -1.46. The van der Waals surface area contributed by atoms with Crippen LogP contribution in [0, 0.1) is 13.8 Å². The summed E-state index contributed by atoms with van der Waals surface area (Å²) in [5.74, 6) is 0.953. The van der Waals surface area contributed by atoms with Gasteiger partial charge in [-0.05, 0) is 51.0 Å². The first-order valence-electron chi connectivity index (χ1n) is 8.17. The SMILES string of the molecule is CCC(Nc1ccc(SCCCO)cc1)c1c(C)nn(C)c1C. The van der Waals surface area contributed by atoms with Crippen molar-refractivity contribution in [2.24, 2.45) is 7.05 Å². The van der Waals surface area contributed by atoms with E-state index in [1.165, 1.54) is 16.2 Å². The smallest absolute Gasteiger partial charge is 0.0649 e. The molecule has 0 amide bonds. The number of aliphatic hydroxyl groups is 1. The lowest BCUT2D eigenvalue weighted by molar-refractivity contribution is 0.296. The summed E-state index contributed by atoms with van der Waals surface area (Å²) in [4.78, 5) is 1.24. The van der Waals surface area contributed by atoms with Gasteiger partial charge in [0.25, 0.3) is 0 Å². The minimum absolute atomic E-state index is 0.259. The van der Waals surface area contributed by atoms with Crippen molar-refractivity contribution in [3.05, 3.63) is 41.2 Å².